The summed E-state index contributed by atoms with van der Waals surface area (Å²) >= 11 is 5.88. The summed E-state index contributed by atoms with van der Waals surface area (Å²) < 4.78 is 10.9. The van der Waals surface area contributed by atoms with Gasteiger partial charge in [0.15, 0.2) is 5.96 Å². The van der Waals surface area contributed by atoms with E-state index in [0.717, 1.165) is 49.9 Å². The highest BCUT2D eigenvalue weighted by Crippen LogP contribution is 2.09. The number of hydrogen-bond donors (Lipinski definition) is 2. The molecule has 0 heterocycles. The maximum absolute atomic E-state index is 5.88. The Balaban J connectivity index is 0.00000576. The van der Waals surface area contributed by atoms with Crippen molar-refractivity contribution >= 4 is 41.5 Å². The minimum Gasteiger partial charge on any atom is -0.379 e. The SMILES string of the molecule is CCCCOCCOCCNC(=NC)NCCc1ccc(Cl)cc1.I. The van der Waals surface area contributed by atoms with Crippen LogP contribution in [0, 0.1) is 0 Å². The number of guanidine groups is 1. The minimum absolute atomic E-state index is 0. The Bertz CT molecular complexity index is 458. The highest BCUT2D eigenvalue weighted by atomic mass is 127. The second-order valence-corrected chi connectivity index (χ2v) is 5.82. The molecule has 0 fully saturated rings. The molecule has 0 radical (unpaired) electrons. The van der Waals surface area contributed by atoms with Crippen LogP contribution in [-0.2, 0) is 15.9 Å². The predicted octanol–water partition coefficient (Wildman–Crippen LogP) is 3.50. The summed E-state index contributed by atoms with van der Waals surface area (Å²) in [6.07, 6.45) is 3.19. The lowest BCUT2D eigenvalue weighted by Gasteiger charge is -2.12. The van der Waals surface area contributed by atoms with Crippen LogP contribution in [0.4, 0.5) is 0 Å². The molecule has 2 N–H and O–H groups in total. The van der Waals surface area contributed by atoms with E-state index in [9.17, 15) is 0 Å². The number of nitrogens with one attached hydrogen (secondary N) is 2. The van der Waals surface area contributed by atoms with Gasteiger partial charge >= 0.3 is 0 Å². The Morgan fingerprint density at radius 1 is 1.00 bits per heavy atom. The number of halogens is 2. The fourth-order valence-corrected chi connectivity index (χ4v) is 2.13. The van der Waals surface area contributed by atoms with Gasteiger partial charge in [0, 0.05) is 31.8 Å². The van der Waals surface area contributed by atoms with Crippen molar-refractivity contribution in [2.24, 2.45) is 4.99 Å². The van der Waals surface area contributed by atoms with Gasteiger partial charge in [-0.3, -0.25) is 4.99 Å². The zero-order valence-corrected chi connectivity index (χ0v) is 18.3. The third-order valence-corrected chi connectivity index (χ3v) is 3.65. The van der Waals surface area contributed by atoms with E-state index in [2.05, 4.69) is 22.5 Å². The van der Waals surface area contributed by atoms with Gasteiger partial charge in [0.1, 0.15) is 0 Å². The lowest BCUT2D eigenvalue weighted by atomic mass is 10.1. The number of ether oxygens (including phenoxy) is 2. The first kappa shape index (κ1) is 24.4. The number of unbranched alkanes of at least 4 members (excludes halogenated alkanes) is 1. The zero-order valence-electron chi connectivity index (χ0n) is 15.2. The zero-order chi connectivity index (χ0) is 17.5. The molecular formula is C18H31ClIN3O2. The molecular weight excluding hydrogens is 453 g/mol. The van der Waals surface area contributed by atoms with Crippen molar-refractivity contribution in [2.75, 3.05) is 46.6 Å². The first-order valence-corrected chi connectivity index (χ1v) is 8.98. The van der Waals surface area contributed by atoms with Crippen LogP contribution in [-0.4, -0.2) is 52.5 Å². The van der Waals surface area contributed by atoms with E-state index in [1.54, 1.807) is 7.05 Å². The summed E-state index contributed by atoms with van der Waals surface area (Å²) in [4.78, 5) is 4.19. The Morgan fingerprint density at radius 2 is 1.64 bits per heavy atom. The van der Waals surface area contributed by atoms with Crippen LogP contribution in [0.2, 0.25) is 5.02 Å². The van der Waals surface area contributed by atoms with Gasteiger partial charge in [-0.25, -0.2) is 0 Å². The Morgan fingerprint density at radius 3 is 2.28 bits per heavy atom. The van der Waals surface area contributed by atoms with Gasteiger partial charge in [-0.2, -0.15) is 0 Å². The number of nitrogens with zero attached hydrogens (tertiary/aromatic N) is 1. The largest absolute Gasteiger partial charge is 0.379 e. The van der Waals surface area contributed by atoms with Crippen molar-refractivity contribution in [3.05, 3.63) is 34.9 Å². The molecule has 0 saturated carbocycles. The van der Waals surface area contributed by atoms with Gasteiger partial charge in [-0.15, -0.1) is 24.0 Å². The van der Waals surface area contributed by atoms with Crippen LogP contribution in [0.5, 0.6) is 0 Å². The molecule has 0 unspecified atom stereocenters. The number of hydrogen-bond acceptors (Lipinski definition) is 3. The molecule has 25 heavy (non-hydrogen) atoms. The molecule has 0 aromatic heterocycles. The molecule has 7 heteroatoms. The summed E-state index contributed by atoms with van der Waals surface area (Å²) in [5.74, 6) is 0.784. The molecule has 0 amide bonds. The number of aliphatic imine (C=N–C) groups is 1. The predicted molar refractivity (Wildman–Crippen MR) is 116 cm³/mol. The van der Waals surface area contributed by atoms with Crippen LogP contribution in [0.1, 0.15) is 25.3 Å². The van der Waals surface area contributed by atoms with Crippen molar-refractivity contribution in [1.29, 1.82) is 0 Å². The second-order valence-electron chi connectivity index (χ2n) is 5.38. The normalized spacial score (nSPS) is 11.1. The monoisotopic (exact) mass is 483 g/mol. The number of rotatable bonds is 12. The minimum atomic E-state index is 0. The first-order chi connectivity index (χ1) is 11.8. The molecule has 0 aliphatic heterocycles. The van der Waals surface area contributed by atoms with Crippen molar-refractivity contribution in [2.45, 2.75) is 26.2 Å². The molecule has 0 spiro atoms. The third kappa shape index (κ3) is 13.3. The Hall–Kier alpha value is -0.570. The van der Waals surface area contributed by atoms with Crippen LogP contribution in [0.15, 0.2) is 29.3 Å². The van der Waals surface area contributed by atoms with Crippen molar-refractivity contribution in [3.8, 4) is 0 Å². The van der Waals surface area contributed by atoms with E-state index in [1.165, 1.54) is 5.56 Å². The first-order valence-electron chi connectivity index (χ1n) is 8.60. The summed E-state index contributed by atoms with van der Waals surface area (Å²) in [5.41, 5.74) is 1.24. The molecule has 0 bridgehead atoms. The standard InChI is InChI=1S/C18H30ClN3O2.HI/c1-3-4-12-23-14-15-24-13-11-22-18(20-2)21-10-9-16-5-7-17(19)8-6-16;/h5-8H,3-4,9-15H2,1-2H3,(H2,20,21,22);1H. The van der Waals surface area contributed by atoms with E-state index < -0.39 is 0 Å². The van der Waals surface area contributed by atoms with Crippen molar-refractivity contribution in [3.63, 3.8) is 0 Å². The van der Waals surface area contributed by atoms with Crippen LogP contribution in [0.3, 0.4) is 0 Å². The van der Waals surface area contributed by atoms with Gasteiger partial charge in [0.25, 0.3) is 0 Å². The molecule has 5 nitrogen and oxygen atoms in total. The van der Waals surface area contributed by atoms with Gasteiger partial charge in [-0.05, 0) is 30.5 Å². The van der Waals surface area contributed by atoms with Crippen LogP contribution >= 0.6 is 35.6 Å². The fourth-order valence-electron chi connectivity index (χ4n) is 2.01. The molecule has 0 aliphatic rings. The van der Waals surface area contributed by atoms with Gasteiger partial charge in [0.2, 0.25) is 0 Å². The smallest absolute Gasteiger partial charge is 0.191 e. The maximum Gasteiger partial charge on any atom is 0.191 e. The summed E-state index contributed by atoms with van der Waals surface area (Å²) in [7, 11) is 1.76. The van der Waals surface area contributed by atoms with E-state index in [1.807, 2.05) is 24.3 Å². The topological polar surface area (TPSA) is 54.9 Å². The van der Waals surface area contributed by atoms with Crippen LogP contribution < -0.4 is 10.6 Å². The summed E-state index contributed by atoms with van der Waals surface area (Å²) in [6.45, 7) is 6.43. The van der Waals surface area contributed by atoms with Gasteiger partial charge < -0.3 is 20.1 Å². The van der Waals surface area contributed by atoms with Crippen molar-refractivity contribution in [1.82, 2.24) is 10.6 Å². The Labute approximate surface area is 173 Å². The number of benzene rings is 1. The fraction of sp³-hybridized carbons (Fsp3) is 0.611. The quantitative estimate of drug-likeness (QED) is 0.207. The molecule has 144 valence electrons. The van der Waals surface area contributed by atoms with Crippen molar-refractivity contribution < 1.29 is 9.47 Å². The van der Waals surface area contributed by atoms with E-state index in [0.29, 0.717) is 19.8 Å². The molecule has 0 aliphatic carbocycles. The highest BCUT2D eigenvalue weighted by Gasteiger charge is 1.98. The Kier molecular flexibility index (Phi) is 16.5. The molecule has 0 saturated heterocycles. The van der Waals surface area contributed by atoms with E-state index in [4.69, 9.17) is 21.1 Å². The lowest BCUT2D eigenvalue weighted by Crippen LogP contribution is -2.39. The maximum atomic E-state index is 5.88. The molecule has 1 aromatic rings. The average molecular weight is 484 g/mol. The second kappa shape index (κ2) is 16.9. The summed E-state index contributed by atoms with van der Waals surface area (Å²) in [5, 5.41) is 7.28. The molecule has 1 aromatic carbocycles. The van der Waals surface area contributed by atoms with E-state index in [-0.39, 0.29) is 24.0 Å². The van der Waals surface area contributed by atoms with Gasteiger partial charge in [0.05, 0.1) is 19.8 Å². The third-order valence-electron chi connectivity index (χ3n) is 3.40. The molecule has 1 rings (SSSR count). The van der Waals surface area contributed by atoms with Gasteiger partial charge in [-0.1, -0.05) is 37.1 Å². The highest BCUT2D eigenvalue weighted by molar-refractivity contribution is 14.0. The average Bonchev–Trinajstić information content (AvgIpc) is 2.60. The van der Waals surface area contributed by atoms with Crippen LogP contribution in [0.25, 0.3) is 0 Å². The van der Waals surface area contributed by atoms with E-state index >= 15 is 0 Å². The lowest BCUT2D eigenvalue weighted by molar-refractivity contribution is 0.0487. The summed E-state index contributed by atoms with van der Waals surface area (Å²) in [6, 6.07) is 7.90. The molecule has 0 atom stereocenters.